The maximum Gasteiger partial charge on any atom is 0.224 e. The zero-order chi connectivity index (χ0) is 18.2. The Morgan fingerprint density at radius 3 is 2.20 bits per heavy atom. The highest BCUT2D eigenvalue weighted by molar-refractivity contribution is 5.88. The molecule has 0 bridgehead atoms. The number of nitrogens with one attached hydrogen (secondary N) is 2. The maximum absolute atomic E-state index is 12.3. The van der Waals surface area contributed by atoms with Crippen LogP contribution in [0.5, 0.6) is 5.75 Å². The van der Waals surface area contributed by atoms with Gasteiger partial charge in [0.1, 0.15) is 5.75 Å². The highest BCUT2D eigenvalue weighted by atomic mass is 16.5. The Labute approximate surface area is 148 Å². The minimum atomic E-state index is -0.115. The van der Waals surface area contributed by atoms with Crippen molar-refractivity contribution >= 4 is 17.5 Å². The summed E-state index contributed by atoms with van der Waals surface area (Å²) in [6.07, 6.45) is 1.10. The molecule has 0 aliphatic rings. The fourth-order valence-corrected chi connectivity index (χ4v) is 2.60. The minimum absolute atomic E-state index is 0.0305. The molecule has 2 amide bonds. The molecular formula is C20H24N2O3. The molecule has 0 aromatic heterocycles. The van der Waals surface area contributed by atoms with E-state index in [1.54, 1.807) is 19.2 Å². The molecule has 0 heterocycles. The van der Waals surface area contributed by atoms with E-state index in [2.05, 4.69) is 10.6 Å². The van der Waals surface area contributed by atoms with Gasteiger partial charge in [-0.1, -0.05) is 31.2 Å². The number of anilines is 1. The zero-order valence-corrected chi connectivity index (χ0v) is 14.8. The summed E-state index contributed by atoms with van der Waals surface area (Å²) < 4.78 is 5.16. The van der Waals surface area contributed by atoms with Crippen LogP contribution in [-0.2, 0) is 16.0 Å². The lowest BCUT2D eigenvalue weighted by Gasteiger charge is -2.18. The van der Waals surface area contributed by atoms with Gasteiger partial charge in [-0.2, -0.15) is 0 Å². The van der Waals surface area contributed by atoms with Gasteiger partial charge in [0.05, 0.1) is 19.6 Å². The fourth-order valence-electron chi connectivity index (χ4n) is 2.60. The molecule has 25 heavy (non-hydrogen) atoms. The molecule has 5 nitrogen and oxygen atoms in total. The normalized spacial score (nSPS) is 11.5. The molecule has 132 valence electrons. The SMILES string of the molecule is CCC(NC(=O)Cc1ccc(NC(C)=O)cc1)c1ccc(OC)cc1. The number of rotatable bonds is 7. The second-order valence-electron chi connectivity index (χ2n) is 5.86. The zero-order valence-electron chi connectivity index (χ0n) is 14.8. The Bertz CT molecular complexity index is 709. The molecule has 5 heteroatoms. The van der Waals surface area contributed by atoms with Gasteiger partial charge in [0.2, 0.25) is 11.8 Å². The number of carbonyl (C=O) groups is 2. The summed E-state index contributed by atoms with van der Waals surface area (Å²) in [5, 5.41) is 5.77. The summed E-state index contributed by atoms with van der Waals surface area (Å²) >= 11 is 0. The number of hydrogen-bond donors (Lipinski definition) is 2. The first kappa shape index (κ1) is 18.5. The summed E-state index contributed by atoms with van der Waals surface area (Å²) in [5.74, 6) is 0.648. The van der Waals surface area contributed by atoms with Crippen LogP contribution < -0.4 is 15.4 Å². The van der Waals surface area contributed by atoms with Gasteiger partial charge >= 0.3 is 0 Å². The van der Waals surface area contributed by atoms with Crippen molar-refractivity contribution in [2.75, 3.05) is 12.4 Å². The Morgan fingerprint density at radius 1 is 1.04 bits per heavy atom. The first-order chi connectivity index (χ1) is 12.0. The molecule has 0 radical (unpaired) electrons. The molecule has 0 fully saturated rings. The Kier molecular flexibility index (Phi) is 6.57. The number of amides is 2. The number of methoxy groups -OCH3 is 1. The lowest BCUT2D eigenvalue weighted by molar-refractivity contribution is -0.121. The fraction of sp³-hybridized carbons (Fsp3) is 0.300. The monoisotopic (exact) mass is 340 g/mol. The van der Waals surface area contributed by atoms with Crippen molar-refractivity contribution in [1.82, 2.24) is 5.32 Å². The van der Waals surface area contributed by atoms with E-state index in [1.165, 1.54) is 6.92 Å². The predicted octanol–water partition coefficient (Wildman–Crippen LogP) is 3.46. The van der Waals surface area contributed by atoms with Gasteiger partial charge in [-0.05, 0) is 41.8 Å². The Morgan fingerprint density at radius 2 is 1.68 bits per heavy atom. The third-order valence-corrected chi connectivity index (χ3v) is 3.90. The second-order valence-corrected chi connectivity index (χ2v) is 5.86. The quantitative estimate of drug-likeness (QED) is 0.811. The molecule has 0 saturated heterocycles. The van der Waals surface area contributed by atoms with Gasteiger partial charge in [-0.3, -0.25) is 9.59 Å². The Hall–Kier alpha value is -2.82. The van der Waals surface area contributed by atoms with Crippen LogP contribution in [0.3, 0.4) is 0 Å². The van der Waals surface area contributed by atoms with Crippen molar-refractivity contribution in [1.29, 1.82) is 0 Å². The van der Waals surface area contributed by atoms with Crippen LogP contribution in [0, 0.1) is 0 Å². The van der Waals surface area contributed by atoms with E-state index in [0.29, 0.717) is 6.42 Å². The topological polar surface area (TPSA) is 67.4 Å². The van der Waals surface area contributed by atoms with Gasteiger partial charge in [-0.25, -0.2) is 0 Å². The molecule has 0 aliphatic heterocycles. The standard InChI is InChI=1S/C20H24N2O3/c1-4-19(16-7-11-18(25-3)12-8-16)22-20(24)13-15-5-9-17(10-6-15)21-14(2)23/h5-12,19H,4,13H2,1-3H3,(H,21,23)(H,22,24). The van der Waals surface area contributed by atoms with Gasteiger partial charge in [-0.15, -0.1) is 0 Å². The summed E-state index contributed by atoms with van der Waals surface area (Å²) in [5.41, 5.74) is 2.68. The number of hydrogen-bond acceptors (Lipinski definition) is 3. The van der Waals surface area contributed by atoms with E-state index < -0.39 is 0 Å². The van der Waals surface area contributed by atoms with Gasteiger partial charge < -0.3 is 15.4 Å². The van der Waals surface area contributed by atoms with E-state index in [9.17, 15) is 9.59 Å². The smallest absolute Gasteiger partial charge is 0.224 e. The van der Waals surface area contributed by atoms with Crippen LogP contribution in [0.25, 0.3) is 0 Å². The van der Waals surface area contributed by atoms with Crippen molar-refractivity contribution in [2.24, 2.45) is 0 Å². The van der Waals surface area contributed by atoms with Gasteiger partial charge in [0, 0.05) is 12.6 Å². The molecule has 0 spiro atoms. The molecule has 2 N–H and O–H groups in total. The number of benzene rings is 2. The molecular weight excluding hydrogens is 316 g/mol. The summed E-state index contributed by atoms with van der Waals surface area (Å²) in [4.78, 5) is 23.4. The molecule has 1 unspecified atom stereocenters. The van der Waals surface area contributed by atoms with E-state index in [4.69, 9.17) is 4.74 Å². The average molecular weight is 340 g/mol. The van der Waals surface area contributed by atoms with Crippen molar-refractivity contribution in [2.45, 2.75) is 32.7 Å². The van der Waals surface area contributed by atoms with E-state index in [1.807, 2.05) is 43.3 Å². The van der Waals surface area contributed by atoms with Crippen LogP contribution in [0.4, 0.5) is 5.69 Å². The van der Waals surface area contributed by atoms with Gasteiger partial charge in [0.15, 0.2) is 0 Å². The van der Waals surface area contributed by atoms with E-state index in [-0.39, 0.29) is 17.9 Å². The lowest BCUT2D eigenvalue weighted by Crippen LogP contribution is -2.29. The number of ether oxygens (including phenoxy) is 1. The third kappa shape index (κ3) is 5.64. The molecule has 2 aromatic carbocycles. The molecule has 0 saturated carbocycles. The van der Waals surface area contributed by atoms with Crippen LogP contribution >= 0.6 is 0 Å². The highest BCUT2D eigenvalue weighted by Gasteiger charge is 2.13. The second kappa shape index (κ2) is 8.87. The first-order valence-corrected chi connectivity index (χ1v) is 8.31. The minimum Gasteiger partial charge on any atom is -0.497 e. The van der Waals surface area contributed by atoms with Gasteiger partial charge in [0.25, 0.3) is 0 Å². The highest BCUT2D eigenvalue weighted by Crippen LogP contribution is 2.20. The number of carbonyl (C=O) groups excluding carboxylic acids is 2. The van der Waals surface area contributed by atoms with Crippen LogP contribution in [0.1, 0.15) is 37.4 Å². The van der Waals surface area contributed by atoms with Crippen molar-refractivity contribution < 1.29 is 14.3 Å². The van der Waals surface area contributed by atoms with Crippen molar-refractivity contribution in [3.05, 3.63) is 59.7 Å². The predicted molar refractivity (Wildman–Crippen MR) is 98.6 cm³/mol. The van der Waals surface area contributed by atoms with E-state index in [0.717, 1.165) is 29.0 Å². The summed E-state index contributed by atoms with van der Waals surface area (Å²) in [6.45, 7) is 3.50. The summed E-state index contributed by atoms with van der Waals surface area (Å²) in [7, 11) is 1.63. The summed E-state index contributed by atoms with van der Waals surface area (Å²) in [6, 6.07) is 15.0. The van der Waals surface area contributed by atoms with Crippen LogP contribution in [0.2, 0.25) is 0 Å². The maximum atomic E-state index is 12.3. The van der Waals surface area contributed by atoms with Crippen LogP contribution in [0.15, 0.2) is 48.5 Å². The van der Waals surface area contributed by atoms with Crippen molar-refractivity contribution in [3.8, 4) is 5.75 Å². The molecule has 0 aliphatic carbocycles. The average Bonchev–Trinajstić information content (AvgIpc) is 2.61. The van der Waals surface area contributed by atoms with Crippen LogP contribution in [-0.4, -0.2) is 18.9 Å². The first-order valence-electron chi connectivity index (χ1n) is 8.31. The largest absolute Gasteiger partial charge is 0.497 e. The lowest BCUT2D eigenvalue weighted by atomic mass is 10.0. The Balaban J connectivity index is 1.96. The van der Waals surface area contributed by atoms with E-state index >= 15 is 0 Å². The third-order valence-electron chi connectivity index (χ3n) is 3.90. The molecule has 2 aromatic rings. The molecule has 1 atom stereocenters. The van der Waals surface area contributed by atoms with Crippen molar-refractivity contribution in [3.63, 3.8) is 0 Å². The molecule has 2 rings (SSSR count).